The number of phenolic OH excluding ortho intramolecular Hbond substituents is 2. The number of pyridine rings is 1. The molecule has 37 nitrogen and oxygen atoms in total. The summed E-state index contributed by atoms with van der Waals surface area (Å²) >= 11 is 0.824. The number of H-pyrrole nitrogens is 1. The fourth-order valence-corrected chi connectivity index (χ4v) is 17.7. The quantitative estimate of drug-likeness (QED) is 0.0405. The average Bonchev–Trinajstić information content (AvgIpc) is 1.14. The Balaban J connectivity index is 1.05. The summed E-state index contributed by atoms with van der Waals surface area (Å²) in [4.78, 5) is 253. The molecule has 18 N–H and O–H groups in total. The first-order valence-electron chi connectivity index (χ1n) is 45.2. The number of likely N-dealkylation sites (N-methyl/N-ethyl adjacent to an activating group) is 3. The summed E-state index contributed by atoms with van der Waals surface area (Å²) in [6.45, 7) is 4.32. The van der Waals surface area contributed by atoms with Crippen molar-refractivity contribution in [3.05, 3.63) is 198 Å². The van der Waals surface area contributed by atoms with Gasteiger partial charge < -0.3 is 105 Å². The number of fused-ring (bicyclic) bond motifs is 3. The highest BCUT2D eigenvalue weighted by atomic mass is 32.2. The van der Waals surface area contributed by atoms with Gasteiger partial charge in [-0.1, -0.05) is 137 Å². The molecular formula is C96H123N19O18S. The van der Waals surface area contributed by atoms with Crippen LogP contribution in [0.15, 0.2) is 164 Å². The zero-order valence-electron chi connectivity index (χ0n) is 76.2. The van der Waals surface area contributed by atoms with E-state index < -0.39 is 203 Å². The zero-order chi connectivity index (χ0) is 96.8. The number of thioether (sulfide) groups is 1. The van der Waals surface area contributed by atoms with Crippen molar-refractivity contribution in [1.29, 1.82) is 0 Å². The van der Waals surface area contributed by atoms with E-state index in [1.807, 2.05) is 6.92 Å². The predicted octanol–water partition coefficient (Wildman–Crippen LogP) is 1.27. The maximum absolute atomic E-state index is 15.9. The lowest BCUT2D eigenvalue weighted by molar-refractivity contribution is -0.152. The van der Waals surface area contributed by atoms with Crippen LogP contribution in [0, 0.1) is 5.92 Å². The van der Waals surface area contributed by atoms with Crippen molar-refractivity contribution in [2.75, 3.05) is 58.8 Å². The number of hydrogen-bond donors (Lipinski definition) is 15. The number of primary amides is 2. The van der Waals surface area contributed by atoms with Crippen molar-refractivity contribution in [2.24, 2.45) is 23.1 Å². The third-order valence-electron chi connectivity index (χ3n) is 24.4. The van der Waals surface area contributed by atoms with Crippen molar-refractivity contribution in [1.82, 2.24) is 82.3 Å². The Morgan fingerprint density at radius 2 is 0.963 bits per heavy atom. The van der Waals surface area contributed by atoms with Gasteiger partial charge in [0.25, 0.3) is 0 Å². The summed E-state index contributed by atoms with van der Waals surface area (Å²) in [6.07, 6.45) is 4.56. The van der Waals surface area contributed by atoms with Crippen LogP contribution in [-0.4, -0.2) is 277 Å². The number of nitrogens with one attached hydrogen (secondary N) is 10. The van der Waals surface area contributed by atoms with Gasteiger partial charge in [0.1, 0.15) is 90.0 Å². The summed E-state index contributed by atoms with van der Waals surface area (Å²) < 4.78 is 0. The predicted molar refractivity (Wildman–Crippen MR) is 499 cm³/mol. The smallest absolute Gasteiger partial charge is 0.246 e. The number of para-hydroxylation sites is 1. The molecule has 5 aromatic carbocycles. The van der Waals surface area contributed by atoms with E-state index in [4.69, 9.17) is 17.2 Å². The maximum Gasteiger partial charge on any atom is 0.246 e. The second-order valence-corrected chi connectivity index (χ2v) is 35.6. The van der Waals surface area contributed by atoms with Gasteiger partial charge in [0.15, 0.2) is 0 Å². The van der Waals surface area contributed by atoms with E-state index in [-0.39, 0.29) is 108 Å². The third kappa shape index (κ3) is 28.6. The topological polar surface area (TPSA) is 545 Å². The van der Waals surface area contributed by atoms with Crippen molar-refractivity contribution in [3.8, 4) is 11.5 Å². The molecule has 0 spiro atoms. The van der Waals surface area contributed by atoms with Gasteiger partial charge in [-0.25, -0.2) is 0 Å². The molecule has 3 aliphatic heterocycles. The van der Waals surface area contributed by atoms with Crippen molar-refractivity contribution >= 4 is 117 Å². The van der Waals surface area contributed by atoms with E-state index >= 15 is 57.5 Å². The number of nitrogens with two attached hydrogens (primary N) is 3. The molecule has 0 unspecified atom stereocenters. The molecule has 38 heteroatoms. The van der Waals surface area contributed by atoms with Gasteiger partial charge in [-0.2, -0.15) is 0 Å². The lowest BCUT2D eigenvalue weighted by Crippen LogP contribution is -2.63. The Kier molecular flexibility index (Phi) is 37.9. The number of amides is 16. The molecule has 0 aliphatic carbocycles. The number of aromatic amines is 1. The minimum atomic E-state index is -1.77. The Bertz CT molecular complexity index is 5270. The van der Waals surface area contributed by atoms with Gasteiger partial charge in [-0.3, -0.25) is 81.7 Å². The first-order chi connectivity index (χ1) is 64.2. The molecule has 0 saturated carbocycles. The standard InChI is InChI=1S/C96H123N19O18S/c1-7-8-28-77-95(132)115-45-20-30-76(115)90(127)107-71(52-80(98)118)88(125)110-83(57(2)3)96(133)112(5)78(49-59-23-13-10-14-24-59)91(128)108-73(48-61-33-37-65(117)38-34-61)93(130)114-44-18-17-29-75(114)89(126)106-70(51-63-53-101-67-26-16-15-25-66(63)67)87(124)105-69(46-60-31-35-64(116)36-32-60)86(123)104-68(27-19-41-97)85(122)109-74(84(121)102-54-81(99)119)55-134-56-82(120)103-72(47-58-21-11-9-12-22-58)92(129)113(6)79(94(131)111(77)4)50-62-39-42-100-43-40-62/h9-16,21-26,31-40,42-43,53,57,68-79,83,101,116-117H,7-8,17-20,27-30,41,44-52,54-56,97H2,1-6H3,(H2,98,118)(H2,99,119)(H,102,121)(H,103,120)(H,104,123)(H,105,124)(H,106,126)(H,107,127)(H,108,128)(H,109,122)(H,110,125)/t68-,69-,70+,71-,72-,73-,74-,75+,76+,77-,78-,79-,83-/m0/s1. The average molecular weight is 1860 g/mol. The van der Waals surface area contributed by atoms with Crippen molar-refractivity contribution in [3.63, 3.8) is 0 Å². The molecule has 7 aromatic rings. The molecule has 3 saturated heterocycles. The van der Waals surface area contributed by atoms with Crippen LogP contribution in [0.5, 0.6) is 11.5 Å². The van der Waals surface area contributed by atoms with Crippen LogP contribution < -0.4 is 65.1 Å². The molecule has 13 atom stereocenters. The van der Waals surface area contributed by atoms with Crippen molar-refractivity contribution in [2.45, 2.75) is 208 Å². The number of piperidine rings is 1. The van der Waals surface area contributed by atoms with Crippen LogP contribution in [0.4, 0.5) is 0 Å². The van der Waals surface area contributed by atoms with E-state index in [2.05, 4.69) is 57.8 Å². The monoisotopic (exact) mass is 1860 g/mol. The molecule has 3 fully saturated rings. The number of unbranched alkanes of at least 4 members (excludes halogenated alkanes) is 1. The highest BCUT2D eigenvalue weighted by Gasteiger charge is 2.46. The number of hydrogen-bond acceptors (Lipinski definition) is 21. The zero-order valence-corrected chi connectivity index (χ0v) is 77.0. The molecule has 134 heavy (non-hydrogen) atoms. The van der Waals surface area contributed by atoms with E-state index in [1.54, 1.807) is 117 Å². The normalized spacial score (nSPS) is 23.5. The fourth-order valence-electron chi connectivity index (χ4n) is 16.9. The van der Waals surface area contributed by atoms with Gasteiger partial charge in [0, 0.05) is 108 Å². The number of benzene rings is 5. The molecule has 0 bridgehead atoms. The van der Waals surface area contributed by atoms with Crippen LogP contribution in [0.3, 0.4) is 0 Å². The molecule has 10 rings (SSSR count). The molecular weight excluding hydrogens is 1740 g/mol. The lowest BCUT2D eigenvalue weighted by Gasteiger charge is -2.38. The largest absolute Gasteiger partial charge is 0.508 e. The van der Waals surface area contributed by atoms with E-state index in [0.29, 0.717) is 70.0 Å². The second-order valence-electron chi connectivity index (χ2n) is 34.5. The molecule has 5 heterocycles. The molecule has 16 amide bonds. The van der Waals surface area contributed by atoms with Crippen LogP contribution in [0.2, 0.25) is 0 Å². The Morgan fingerprint density at radius 1 is 0.470 bits per heavy atom. The fraction of sp³-hybridized carbons (Fsp3) is 0.448. The molecule has 3 aliphatic rings. The number of aromatic hydroxyl groups is 2. The Hall–Kier alpha value is -13.8. The summed E-state index contributed by atoms with van der Waals surface area (Å²) in [7, 11) is 4.12. The number of rotatable bonds is 24. The molecule has 0 radical (unpaired) electrons. The summed E-state index contributed by atoms with van der Waals surface area (Å²) in [6, 6.07) is 19.8. The number of aromatic nitrogens is 2. The Labute approximate surface area is 781 Å². The first kappa shape index (κ1) is 102. The summed E-state index contributed by atoms with van der Waals surface area (Å²) in [5.74, 6) is -15.9. The number of phenols is 2. The highest BCUT2D eigenvalue weighted by molar-refractivity contribution is 8.00. The van der Waals surface area contributed by atoms with Crippen molar-refractivity contribution < 1.29 is 86.9 Å². The minimum absolute atomic E-state index is 0.00473. The van der Waals surface area contributed by atoms with E-state index in [0.717, 1.165) is 16.7 Å². The first-order valence-corrected chi connectivity index (χ1v) is 46.4. The van der Waals surface area contributed by atoms with Crippen LogP contribution in [0.25, 0.3) is 10.9 Å². The molecule has 716 valence electrons. The van der Waals surface area contributed by atoms with Gasteiger partial charge in [0.05, 0.1) is 18.7 Å². The highest BCUT2D eigenvalue weighted by Crippen LogP contribution is 2.29. The minimum Gasteiger partial charge on any atom is -0.508 e. The lowest BCUT2D eigenvalue weighted by atomic mass is 9.96. The van der Waals surface area contributed by atoms with Crippen LogP contribution in [-0.2, 0) is 115 Å². The summed E-state index contributed by atoms with van der Waals surface area (Å²) in [5, 5.41) is 46.2. The molecule has 2 aromatic heterocycles. The van der Waals surface area contributed by atoms with Gasteiger partial charge >= 0.3 is 0 Å². The second kappa shape index (κ2) is 49.6. The third-order valence-corrected chi connectivity index (χ3v) is 25.4. The number of nitrogens with zero attached hydrogens (tertiary/aromatic N) is 6. The SMILES string of the molecule is CCCC[C@H]1C(=O)N2CCC[C@@H]2C(=O)N[C@@H](CC(N)=O)C(=O)N[C@@H](C(C)C)C(=O)N(C)[C@@H](Cc2ccccc2)C(=O)N[C@@H](Cc2ccc(O)cc2)C(=O)N2CCCC[C@@H]2C(=O)N[C@H](Cc2c[nH]c3ccccc23)C(=O)N[C@@H](Cc2ccc(O)cc2)C(=O)N[C@@H](CCCN)C(=O)N[C@H](C(=O)NCC(N)=O)CSCC(=O)N[C@@H](Cc2ccccc2)C(=O)N(C)[C@@H](Cc2ccncc2)C(=O)N1C. The summed E-state index contributed by atoms with van der Waals surface area (Å²) in [5.41, 5.74) is 21.1. The number of carbonyl (C=O) groups is 16. The number of carbonyl (C=O) groups excluding carboxylic acids is 16. The van der Waals surface area contributed by atoms with E-state index in [9.17, 15) is 29.4 Å². The van der Waals surface area contributed by atoms with Crippen LogP contribution in [0.1, 0.15) is 125 Å². The maximum atomic E-state index is 15.9. The Morgan fingerprint density at radius 3 is 1.57 bits per heavy atom. The van der Waals surface area contributed by atoms with Gasteiger partial charge in [-0.15, -0.1) is 11.8 Å². The van der Waals surface area contributed by atoms with Gasteiger partial charge in [-0.05, 0) is 140 Å². The van der Waals surface area contributed by atoms with E-state index in [1.165, 1.54) is 102 Å². The van der Waals surface area contributed by atoms with Gasteiger partial charge in [0.2, 0.25) is 94.5 Å². The van der Waals surface area contributed by atoms with Crippen LogP contribution >= 0.6 is 11.8 Å².